The number of nitrogens with two attached hydrogens (primary N) is 1. The number of pyridine rings is 2. The van der Waals surface area contributed by atoms with E-state index in [1.807, 2.05) is 19.1 Å². The highest BCUT2D eigenvalue weighted by Crippen LogP contribution is 2.15. The van der Waals surface area contributed by atoms with E-state index in [0.717, 1.165) is 16.5 Å². The first-order chi connectivity index (χ1) is 5.77. The van der Waals surface area contributed by atoms with E-state index in [0.29, 0.717) is 5.82 Å². The maximum absolute atomic E-state index is 5.65. The van der Waals surface area contributed by atoms with E-state index in [4.69, 9.17) is 5.73 Å². The highest BCUT2D eigenvalue weighted by atomic mass is 14.8. The molecule has 0 aliphatic carbocycles. The summed E-state index contributed by atoms with van der Waals surface area (Å²) in [6.07, 6.45) is 3.50. The Morgan fingerprint density at radius 3 is 3.08 bits per heavy atom. The number of anilines is 1. The van der Waals surface area contributed by atoms with Gasteiger partial charge in [-0.05, 0) is 24.6 Å². The number of aromatic nitrogens is 2. The third kappa shape index (κ3) is 0.993. The van der Waals surface area contributed by atoms with Crippen LogP contribution >= 0.6 is 0 Å². The molecule has 0 aliphatic rings. The molecular weight excluding hydrogens is 150 g/mol. The Labute approximate surface area is 70.3 Å². The Balaban J connectivity index is 2.84. The normalized spacial score (nSPS) is 10.4. The fraction of sp³-hybridized carbons (Fsp3) is 0.111. The number of fused-ring (bicyclic) bond motifs is 1. The number of nitrogens with zero attached hydrogens (tertiary/aromatic N) is 2. The van der Waals surface area contributed by atoms with E-state index in [-0.39, 0.29) is 0 Å². The van der Waals surface area contributed by atoms with Gasteiger partial charge in [0.15, 0.2) is 0 Å². The van der Waals surface area contributed by atoms with Gasteiger partial charge in [0.1, 0.15) is 5.82 Å². The predicted molar refractivity (Wildman–Crippen MR) is 48.7 cm³/mol. The molecule has 0 unspecified atom stereocenters. The lowest BCUT2D eigenvalue weighted by Crippen LogP contribution is -1.94. The van der Waals surface area contributed by atoms with Gasteiger partial charge in [-0.3, -0.25) is 4.98 Å². The minimum absolute atomic E-state index is 0.591. The number of rotatable bonds is 0. The number of aryl methyl sites for hydroxylation is 1. The molecule has 0 saturated heterocycles. The molecule has 0 aromatic carbocycles. The highest BCUT2D eigenvalue weighted by molar-refractivity contribution is 5.80. The first kappa shape index (κ1) is 7.03. The molecule has 0 radical (unpaired) electrons. The monoisotopic (exact) mass is 159 g/mol. The van der Waals surface area contributed by atoms with Crippen LogP contribution in [0.2, 0.25) is 0 Å². The highest BCUT2D eigenvalue weighted by Gasteiger charge is 1.98. The largest absolute Gasteiger partial charge is 0.383 e. The van der Waals surface area contributed by atoms with Crippen LogP contribution in [0.3, 0.4) is 0 Å². The van der Waals surface area contributed by atoms with Crippen molar-refractivity contribution in [1.29, 1.82) is 0 Å². The van der Waals surface area contributed by atoms with Gasteiger partial charge < -0.3 is 5.73 Å². The van der Waals surface area contributed by atoms with Gasteiger partial charge in [-0.1, -0.05) is 0 Å². The number of hydrogen-bond acceptors (Lipinski definition) is 3. The molecule has 0 aliphatic heterocycles. The molecule has 0 fully saturated rings. The van der Waals surface area contributed by atoms with Gasteiger partial charge in [-0.15, -0.1) is 0 Å². The second kappa shape index (κ2) is 2.44. The first-order valence-corrected chi connectivity index (χ1v) is 3.74. The summed E-state index contributed by atoms with van der Waals surface area (Å²) in [6.45, 7) is 1.94. The van der Waals surface area contributed by atoms with Crippen LogP contribution in [0.1, 0.15) is 5.56 Å². The van der Waals surface area contributed by atoms with Gasteiger partial charge in [-0.2, -0.15) is 0 Å². The van der Waals surface area contributed by atoms with Gasteiger partial charge in [0, 0.05) is 17.8 Å². The van der Waals surface area contributed by atoms with E-state index < -0.39 is 0 Å². The van der Waals surface area contributed by atoms with Crippen LogP contribution in [0.5, 0.6) is 0 Å². The molecule has 0 atom stereocenters. The number of hydrogen-bond donors (Lipinski definition) is 1. The van der Waals surface area contributed by atoms with Crippen LogP contribution in [0.4, 0.5) is 5.82 Å². The zero-order valence-corrected chi connectivity index (χ0v) is 6.78. The SMILES string of the molecule is Cc1cc2cnccc2nc1N. The average molecular weight is 159 g/mol. The van der Waals surface area contributed by atoms with Crippen LogP contribution in [0.25, 0.3) is 10.9 Å². The van der Waals surface area contributed by atoms with E-state index in [1.54, 1.807) is 12.4 Å². The summed E-state index contributed by atoms with van der Waals surface area (Å²) in [5.41, 5.74) is 7.55. The van der Waals surface area contributed by atoms with Crippen molar-refractivity contribution in [3.63, 3.8) is 0 Å². The number of nitrogen functional groups attached to an aromatic ring is 1. The molecule has 2 rings (SSSR count). The van der Waals surface area contributed by atoms with Crippen molar-refractivity contribution in [3.05, 3.63) is 30.1 Å². The van der Waals surface area contributed by atoms with E-state index in [9.17, 15) is 0 Å². The third-order valence-corrected chi connectivity index (χ3v) is 1.84. The minimum Gasteiger partial charge on any atom is -0.383 e. The van der Waals surface area contributed by atoms with Crippen molar-refractivity contribution in [3.8, 4) is 0 Å². The fourth-order valence-electron chi connectivity index (χ4n) is 1.14. The van der Waals surface area contributed by atoms with Gasteiger partial charge in [0.05, 0.1) is 5.52 Å². The van der Waals surface area contributed by atoms with Crippen molar-refractivity contribution in [2.24, 2.45) is 0 Å². The molecule has 12 heavy (non-hydrogen) atoms. The molecule has 0 amide bonds. The molecule has 60 valence electrons. The lowest BCUT2D eigenvalue weighted by Gasteiger charge is -2.00. The van der Waals surface area contributed by atoms with E-state index >= 15 is 0 Å². The maximum Gasteiger partial charge on any atom is 0.127 e. The third-order valence-electron chi connectivity index (χ3n) is 1.84. The average Bonchev–Trinajstić information content (AvgIpc) is 2.07. The molecule has 0 bridgehead atoms. The van der Waals surface area contributed by atoms with Crippen LogP contribution in [0.15, 0.2) is 24.5 Å². The van der Waals surface area contributed by atoms with Crippen molar-refractivity contribution in [2.75, 3.05) is 5.73 Å². The van der Waals surface area contributed by atoms with Crippen molar-refractivity contribution >= 4 is 16.7 Å². The molecule has 2 aromatic heterocycles. The Morgan fingerprint density at radius 1 is 1.42 bits per heavy atom. The van der Waals surface area contributed by atoms with Crippen molar-refractivity contribution in [1.82, 2.24) is 9.97 Å². The summed E-state index contributed by atoms with van der Waals surface area (Å²) in [5.74, 6) is 0.591. The molecule has 2 heterocycles. The standard InChI is InChI=1S/C9H9N3/c1-6-4-7-5-11-3-2-8(7)12-9(6)10/h2-5H,1H3,(H2,10,12). The molecule has 2 N–H and O–H groups in total. The van der Waals surface area contributed by atoms with Gasteiger partial charge in [-0.25, -0.2) is 4.98 Å². The summed E-state index contributed by atoms with van der Waals surface area (Å²) in [7, 11) is 0. The molecule has 3 nitrogen and oxygen atoms in total. The lowest BCUT2D eigenvalue weighted by atomic mass is 10.2. The maximum atomic E-state index is 5.65. The fourth-order valence-corrected chi connectivity index (χ4v) is 1.14. The predicted octanol–water partition coefficient (Wildman–Crippen LogP) is 1.52. The molecule has 3 heteroatoms. The Hall–Kier alpha value is -1.64. The summed E-state index contributed by atoms with van der Waals surface area (Å²) >= 11 is 0. The topological polar surface area (TPSA) is 51.8 Å². The van der Waals surface area contributed by atoms with Crippen LogP contribution in [0, 0.1) is 6.92 Å². The van der Waals surface area contributed by atoms with Gasteiger partial charge >= 0.3 is 0 Å². The van der Waals surface area contributed by atoms with Crippen LogP contribution in [-0.4, -0.2) is 9.97 Å². The van der Waals surface area contributed by atoms with Crippen LogP contribution in [-0.2, 0) is 0 Å². The minimum atomic E-state index is 0.591. The second-order valence-corrected chi connectivity index (χ2v) is 2.76. The van der Waals surface area contributed by atoms with Crippen molar-refractivity contribution < 1.29 is 0 Å². The van der Waals surface area contributed by atoms with Crippen LogP contribution < -0.4 is 5.73 Å². The molecule has 2 aromatic rings. The molecule has 0 saturated carbocycles. The summed E-state index contributed by atoms with van der Waals surface area (Å²) in [4.78, 5) is 8.22. The Kier molecular flexibility index (Phi) is 1.43. The first-order valence-electron chi connectivity index (χ1n) is 3.74. The lowest BCUT2D eigenvalue weighted by molar-refractivity contribution is 1.30. The smallest absolute Gasteiger partial charge is 0.127 e. The Bertz CT molecular complexity index is 383. The van der Waals surface area contributed by atoms with E-state index in [1.165, 1.54) is 0 Å². The summed E-state index contributed by atoms with van der Waals surface area (Å²) in [6, 6.07) is 3.84. The van der Waals surface area contributed by atoms with E-state index in [2.05, 4.69) is 9.97 Å². The molecular formula is C9H9N3. The summed E-state index contributed by atoms with van der Waals surface area (Å²) < 4.78 is 0. The quantitative estimate of drug-likeness (QED) is 0.634. The second-order valence-electron chi connectivity index (χ2n) is 2.76. The molecule has 0 spiro atoms. The Morgan fingerprint density at radius 2 is 2.25 bits per heavy atom. The zero-order valence-electron chi connectivity index (χ0n) is 6.78. The van der Waals surface area contributed by atoms with Gasteiger partial charge in [0.2, 0.25) is 0 Å². The summed E-state index contributed by atoms with van der Waals surface area (Å²) in [5, 5.41) is 1.03. The van der Waals surface area contributed by atoms with Gasteiger partial charge in [0.25, 0.3) is 0 Å². The van der Waals surface area contributed by atoms with Crippen molar-refractivity contribution in [2.45, 2.75) is 6.92 Å². The zero-order chi connectivity index (χ0) is 8.55.